The lowest BCUT2D eigenvalue weighted by atomic mass is 9.97. The highest BCUT2D eigenvalue weighted by molar-refractivity contribution is 7.91. The summed E-state index contributed by atoms with van der Waals surface area (Å²) in [7, 11) is -3.56. The van der Waals surface area contributed by atoms with Gasteiger partial charge in [-0.05, 0) is 36.0 Å². The first-order chi connectivity index (χ1) is 14.6. The highest BCUT2D eigenvalue weighted by Crippen LogP contribution is 2.26. The first-order valence-corrected chi connectivity index (χ1v) is 12.1. The van der Waals surface area contributed by atoms with Gasteiger partial charge in [-0.25, -0.2) is 13.4 Å². The summed E-state index contributed by atoms with van der Waals surface area (Å²) in [5.74, 6) is 1.02. The van der Waals surface area contributed by atoms with Crippen molar-refractivity contribution in [3.05, 3.63) is 35.9 Å². The summed E-state index contributed by atoms with van der Waals surface area (Å²) in [6.45, 7) is 6.06. The maximum atomic E-state index is 11.7. The predicted molar refractivity (Wildman–Crippen MR) is 120 cm³/mol. The van der Waals surface area contributed by atoms with Crippen LogP contribution in [0.3, 0.4) is 0 Å². The molecule has 3 aromatic rings. The van der Waals surface area contributed by atoms with Crippen LogP contribution in [-0.2, 0) is 16.4 Å². The van der Waals surface area contributed by atoms with Crippen molar-refractivity contribution in [3.63, 3.8) is 0 Å². The Balaban J connectivity index is 1.89. The Bertz CT molecular complexity index is 1130. The molecule has 0 spiro atoms. The van der Waals surface area contributed by atoms with Crippen LogP contribution in [0.25, 0.3) is 11.0 Å². The van der Waals surface area contributed by atoms with Crippen molar-refractivity contribution in [2.75, 3.05) is 22.9 Å². The molecule has 0 aromatic carbocycles. The molecule has 2 unspecified atom stereocenters. The van der Waals surface area contributed by atoms with Crippen molar-refractivity contribution in [2.45, 2.75) is 45.6 Å². The Labute approximate surface area is 182 Å². The topological polar surface area (TPSA) is 146 Å². The van der Waals surface area contributed by atoms with E-state index in [0.29, 0.717) is 24.6 Å². The molecule has 10 nitrogen and oxygen atoms in total. The van der Waals surface area contributed by atoms with Crippen molar-refractivity contribution >= 4 is 33.0 Å². The van der Waals surface area contributed by atoms with Gasteiger partial charge in [0.1, 0.15) is 11.5 Å². The van der Waals surface area contributed by atoms with Gasteiger partial charge in [0.25, 0.3) is 0 Å². The first kappa shape index (κ1) is 22.9. The number of hydrogen-bond acceptors (Lipinski definition) is 8. The molecule has 0 bridgehead atoms. The van der Waals surface area contributed by atoms with E-state index in [-0.39, 0.29) is 30.5 Å². The van der Waals surface area contributed by atoms with E-state index in [2.05, 4.69) is 48.8 Å². The Morgan fingerprint density at radius 3 is 2.58 bits per heavy atom. The summed E-state index contributed by atoms with van der Waals surface area (Å²) in [5, 5.41) is 13.8. The second-order valence-corrected chi connectivity index (χ2v) is 9.92. The van der Waals surface area contributed by atoms with Gasteiger partial charge in [-0.2, -0.15) is 15.0 Å². The van der Waals surface area contributed by atoms with Gasteiger partial charge in [-0.3, -0.25) is 4.72 Å². The van der Waals surface area contributed by atoms with Gasteiger partial charge in [-0.1, -0.05) is 20.8 Å². The van der Waals surface area contributed by atoms with Gasteiger partial charge in [0.05, 0.1) is 18.9 Å². The molecule has 0 aliphatic carbocycles. The average molecular weight is 448 g/mol. The van der Waals surface area contributed by atoms with Crippen LogP contribution in [0.4, 0.5) is 11.9 Å². The summed E-state index contributed by atoms with van der Waals surface area (Å²) in [6.07, 6.45) is 5.87. The van der Waals surface area contributed by atoms with E-state index >= 15 is 0 Å². The molecule has 3 rings (SSSR count). The number of aromatic nitrogens is 5. The molecule has 3 aromatic heterocycles. The number of anilines is 2. The van der Waals surface area contributed by atoms with E-state index in [0.717, 1.165) is 22.9 Å². The molecular weight excluding hydrogens is 418 g/mol. The minimum absolute atomic E-state index is 0.0450. The number of rotatable bonds is 10. The number of sulfonamides is 1. The SMILES string of the molecule is CC(C)CC(CO)Nc1nc(CC(C)c2c[nH]c3ncccc23)nc(NS(C)(=O)=O)n1. The number of aliphatic hydroxyl groups excluding tert-OH is 1. The molecule has 2 atom stereocenters. The Hall–Kier alpha value is -2.79. The molecule has 0 aliphatic rings. The lowest BCUT2D eigenvalue weighted by Gasteiger charge is -2.19. The molecule has 11 heteroatoms. The number of hydrogen-bond donors (Lipinski definition) is 4. The first-order valence-electron chi connectivity index (χ1n) is 10.2. The molecule has 0 fully saturated rings. The third-order valence-electron chi connectivity index (χ3n) is 4.77. The number of pyridine rings is 1. The molecule has 168 valence electrons. The maximum absolute atomic E-state index is 11.7. The van der Waals surface area contributed by atoms with Crippen LogP contribution in [-0.4, -0.2) is 57.3 Å². The number of H-pyrrole nitrogens is 1. The van der Waals surface area contributed by atoms with Crippen molar-refractivity contribution in [3.8, 4) is 0 Å². The molecule has 31 heavy (non-hydrogen) atoms. The second kappa shape index (κ2) is 9.56. The molecule has 3 heterocycles. The highest BCUT2D eigenvalue weighted by Gasteiger charge is 2.18. The molecule has 0 radical (unpaired) electrons. The number of nitrogens with zero attached hydrogens (tertiary/aromatic N) is 4. The zero-order valence-electron chi connectivity index (χ0n) is 18.1. The van der Waals surface area contributed by atoms with E-state index in [1.165, 1.54) is 0 Å². The largest absolute Gasteiger partial charge is 0.394 e. The Kier molecular flexibility index (Phi) is 7.06. The lowest BCUT2D eigenvalue weighted by Crippen LogP contribution is -2.27. The molecule has 0 aliphatic heterocycles. The van der Waals surface area contributed by atoms with Crippen LogP contribution in [0.1, 0.15) is 44.5 Å². The van der Waals surface area contributed by atoms with Crippen LogP contribution < -0.4 is 10.0 Å². The maximum Gasteiger partial charge on any atom is 0.241 e. The van der Waals surface area contributed by atoms with E-state index in [1.54, 1.807) is 6.20 Å². The summed E-state index contributed by atoms with van der Waals surface area (Å²) >= 11 is 0. The van der Waals surface area contributed by atoms with Crippen LogP contribution in [0.5, 0.6) is 0 Å². The minimum atomic E-state index is -3.56. The Morgan fingerprint density at radius 2 is 1.90 bits per heavy atom. The summed E-state index contributed by atoms with van der Waals surface area (Å²) in [4.78, 5) is 20.5. The number of aliphatic hydroxyl groups is 1. The van der Waals surface area contributed by atoms with Crippen LogP contribution in [0, 0.1) is 5.92 Å². The van der Waals surface area contributed by atoms with Crippen LogP contribution >= 0.6 is 0 Å². The third kappa shape index (κ3) is 6.34. The van der Waals surface area contributed by atoms with Crippen LogP contribution in [0.2, 0.25) is 0 Å². The number of nitrogens with one attached hydrogen (secondary N) is 3. The van der Waals surface area contributed by atoms with Crippen molar-refractivity contribution in [1.29, 1.82) is 0 Å². The standard InChI is InChI=1S/C20H29N7O3S/c1-12(2)8-14(11-28)23-19-24-17(25-20(26-19)27-31(4,29)30)9-13(3)16-10-22-18-15(16)6-5-7-21-18/h5-7,10,12-14,28H,8-9,11H2,1-4H3,(H,21,22)(H2,23,24,25,26,27). The van der Waals surface area contributed by atoms with E-state index in [1.807, 2.05) is 25.3 Å². The lowest BCUT2D eigenvalue weighted by molar-refractivity contribution is 0.259. The summed E-state index contributed by atoms with van der Waals surface area (Å²) in [6, 6.07) is 3.63. The quantitative estimate of drug-likeness (QED) is 0.370. The Morgan fingerprint density at radius 1 is 1.16 bits per heavy atom. The van der Waals surface area contributed by atoms with Gasteiger partial charge in [0.2, 0.25) is 21.9 Å². The fourth-order valence-electron chi connectivity index (χ4n) is 3.49. The minimum Gasteiger partial charge on any atom is -0.394 e. The fourth-order valence-corrected chi connectivity index (χ4v) is 3.91. The van der Waals surface area contributed by atoms with Crippen molar-refractivity contribution in [2.24, 2.45) is 5.92 Å². The van der Waals surface area contributed by atoms with E-state index in [9.17, 15) is 13.5 Å². The van der Waals surface area contributed by atoms with Crippen molar-refractivity contribution < 1.29 is 13.5 Å². The number of fused-ring (bicyclic) bond motifs is 1. The third-order valence-corrected chi connectivity index (χ3v) is 5.32. The summed E-state index contributed by atoms with van der Waals surface area (Å²) < 4.78 is 25.8. The molecule has 0 saturated carbocycles. The zero-order valence-corrected chi connectivity index (χ0v) is 18.9. The van der Waals surface area contributed by atoms with Crippen molar-refractivity contribution in [1.82, 2.24) is 24.9 Å². The van der Waals surface area contributed by atoms with Gasteiger partial charge < -0.3 is 15.4 Å². The number of aromatic amines is 1. The van der Waals surface area contributed by atoms with E-state index in [4.69, 9.17) is 0 Å². The van der Waals surface area contributed by atoms with E-state index < -0.39 is 10.0 Å². The molecule has 0 saturated heterocycles. The normalized spacial score (nSPS) is 14.0. The van der Waals surface area contributed by atoms with Gasteiger partial charge in [0, 0.05) is 24.2 Å². The molecule has 4 N–H and O–H groups in total. The van der Waals surface area contributed by atoms with Gasteiger partial charge >= 0.3 is 0 Å². The average Bonchev–Trinajstić information content (AvgIpc) is 3.09. The smallest absolute Gasteiger partial charge is 0.241 e. The monoisotopic (exact) mass is 447 g/mol. The fraction of sp³-hybridized carbons (Fsp3) is 0.500. The van der Waals surface area contributed by atoms with Gasteiger partial charge in [0.15, 0.2) is 0 Å². The second-order valence-electron chi connectivity index (χ2n) is 8.18. The summed E-state index contributed by atoms with van der Waals surface area (Å²) in [5.41, 5.74) is 1.88. The molecular formula is C20H29N7O3S. The zero-order chi connectivity index (χ0) is 22.6. The van der Waals surface area contributed by atoms with Gasteiger partial charge in [-0.15, -0.1) is 0 Å². The highest BCUT2D eigenvalue weighted by atomic mass is 32.2. The van der Waals surface area contributed by atoms with Crippen LogP contribution in [0.15, 0.2) is 24.5 Å². The predicted octanol–water partition coefficient (Wildman–Crippen LogP) is 2.28. The molecule has 0 amide bonds.